The van der Waals surface area contributed by atoms with Crippen molar-refractivity contribution in [2.75, 3.05) is 11.9 Å². The summed E-state index contributed by atoms with van der Waals surface area (Å²) in [4.78, 5) is 8.33. The molecule has 1 aromatic carbocycles. The molecule has 4 nitrogen and oxygen atoms in total. The van der Waals surface area contributed by atoms with Gasteiger partial charge in [0.1, 0.15) is 12.1 Å². The minimum Gasteiger partial charge on any atom is -0.475 e. The highest BCUT2D eigenvalue weighted by Gasteiger charge is 2.24. The second kappa shape index (κ2) is 5.49. The molecule has 1 aromatic heterocycles. The maximum Gasteiger partial charge on any atom is 0.218 e. The normalized spacial score (nSPS) is 16.4. The van der Waals surface area contributed by atoms with Gasteiger partial charge in [-0.25, -0.2) is 9.97 Å². The molecule has 3 rings (SSSR count). The molecule has 0 amide bonds. The van der Waals surface area contributed by atoms with Crippen molar-refractivity contribution in [3.05, 3.63) is 47.8 Å². The number of benzene rings is 1. The van der Waals surface area contributed by atoms with Crippen molar-refractivity contribution >= 4 is 5.82 Å². The Kier molecular flexibility index (Phi) is 3.54. The standard InChI is InChI=1S/C16H19N3O/c1-11(2)20-16-8-15(18-10-19-16)17-9-13-7-12-5-3-4-6-14(12)13/h3-6,8,10-11,13H,7,9H2,1-2H3,(H,17,18,19). The van der Waals surface area contributed by atoms with Crippen LogP contribution in [0.4, 0.5) is 5.82 Å². The summed E-state index contributed by atoms with van der Waals surface area (Å²) in [5.41, 5.74) is 2.92. The van der Waals surface area contributed by atoms with Gasteiger partial charge in [-0.05, 0) is 31.4 Å². The maximum absolute atomic E-state index is 5.57. The lowest BCUT2D eigenvalue weighted by molar-refractivity contribution is 0.232. The average Bonchev–Trinajstić information content (AvgIpc) is 2.39. The number of fused-ring (bicyclic) bond motifs is 1. The van der Waals surface area contributed by atoms with Crippen molar-refractivity contribution in [1.82, 2.24) is 9.97 Å². The van der Waals surface area contributed by atoms with Crippen molar-refractivity contribution in [2.24, 2.45) is 0 Å². The van der Waals surface area contributed by atoms with Gasteiger partial charge < -0.3 is 10.1 Å². The summed E-state index contributed by atoms with van der Waals surface area (Å²) in [5, 5.41) is 3.37. The average molecular weight is 269 g/mol. The van der Waals surface area contributed by atoms with Gasteiger partial charge in [0, 0.05) is 18.5 Å². The Hall–Kier alpha value is -2.10. The smallest absolute Gasteiger partial charge is 0.218 e. The van der Waals surface area contributed by atoms with Gasteiger partial charge in [-0.1, -0.05) is 24.3 Å². The molecule has 1 aliphatic rings. The fourth-order valence-electron chi connectivity index (χ4n) is 2.51. The molecule has 104 valence electrons. The van der Waals surface area contributed by atoms with Gasteiger partial charge in [0.25, 0.3) is 0 Å². The number of ether oxygens (including phenoxy) is 1. The fraction of sp³-hybridized carbons (Fsp3) is 0.375. The molecule has 20 heavy (non-hydrogen) atoms. The summed E-state index contributed by atoms with van der Waals surface area (Å²) >= 11 is 0. The first-order valence-electron chi connectivity index (χ1n) is 7.03. The molecule has 4 heteroatoms. The van der Waals surface area contributed by atoms with Crippen LogP contribution in [0.25, 0.3) is 0 Å². The summed E-state index contributed by atoms with van der Waals surface area (Å²) in [6.45, 7) is 4.87. The van der Waals surface area contributed by atoms with Crippen LogP contribution in [0.5, 0.6) is 5.88 Å². The Morgan fingerprint density at radius 2 is 2.15 bits per heavy atom. The van der Waals surface area contributed by atoms with Crippen LogP contribution in [0.2, 0.25) is 0 Å². The van der Waals surface area contributed by atoms with Crippen LogP contribution < -0.4 is 10.1 Å². The molecule has 0 saturated carbocycles. The largest absolute Gasteiger partial charge is 0.475 e. The van der Waals surface area contributed by atoms with E-state index in [4.69, 9.17) is 4.74 Å². The molecule has 1 heterocycles. The zero-order valence-electron chi connectivity index (χ0n) is 11.8. The molecule has 0 saturated heterocycles. The van der Waals surface area contributed by atoms with E-state index >= 15 is 0 Å². The molecule has 0 radical (unpaired) electrons. The van der Waals surface area contributed by atoms with Gasteiger partial charge in [-0.3, -0.25) is 0 Å². The van der Waals surface area contributed by atoms with Crippen LogP contribution >= 0.6 is 0 Å². The highest BCUT2D eigenvalue weighted by molar-refractivity contribution is 5.43. The summed E-state index contributed by atoms with van der Waals surface area (Å²) in [5.74, 6) is 2.02. The molecule has 1 aliphatic carbocycles. The Labute approximate surface area is 119 Å². The number of anilines is 1. The highest BCUT2D eigenvalue weighted by Crippen LogP contribution is 2.34. The second-order valence-corrected chi connectivity index (χ2v) is 5.39. The van der Waals surface area contributed by atoms with Crippen LogP contribution in [-0.2, 0) is 6.42 Å². The van der Waals surface area contributed by atoms with Gasteiger partial charge in [-0.15, -0.1) is 0 Å². The van der Waals surface area contributed by atoms with E-state index < -0.39 is 0 Å². The summed E-state index contributed by atoms with van der Waals surface area (Å²) < 4.78 is 5.57. The minimum atomic E-state index is 0.122. The topological polar surface area (TPSA) is 47.0 Å². The Morgan fingerprint density at radius 1 is 1.30 bits per heavy atom. The Morgan fingerprint density at radius 3 is 2.95 bits per heavy atom. The van der Waals surface area contributed by atoms with E-state index in [1.165, 1.54) is 17.5 Å². The SMILES string of the molecule is CC(C)Oc1cc(NCC2Cc3ccccc32)ncn1. The molecule has 1 atom stereocenters. The highest BCUT2D eigenvalue weighted by atomic mass is 16.5. The van der Waals surface area contributed by atoms with Crippen molar-refractivity contribution < 1.29 is 4.74 Å². The third-order valence-corrected chi connectivity index (χ3v) is 3.49. The van der Waals surface area contributed by atoms with E-state index in [2.05, 4.69) is 39.6 Å². The van der Waals surface area contributed by atoms with E-state index in [1.54, 1.807) is 0 Å². The van der Waals surface area contributed by atoms with E-state index in [-0.39, 0.29) is 6.10 Å². The van der Waals surface area contributed by atoms with Crippen LogP contribution in [0.15, 0.2) is 36.7 Å². The Bertz CT molecular complexity index is 598. The van der Waals surface area contributed by atoms with Gasteiger partial charge in [0.05, 0.1) is 6.10 Å². The van der Waals surface area contributed by atoms with Crippen molar-refractivity contribution in [3.63, 3.8) is 0 Å². The van der Waals surface area contributed by atoms with Crippen LogP contribution in [0.1, 0.15) is 30.9 Å². The number of nitrogens with zero attached hydrogens (tertiary/aromatic N) is 2. The molecule has 1 unspecified atom stereocenters. The van der Waals surface area contributed by atoms with Gasteiger partial charge in [-0.2, -0.15) is 0 Å². The molecular weight excluding hydrogens is 250 g/mol. The third-order valence-electron chi connectivity index (χ3n) is 3.49. The molecule has 0 bridgehead atoms. The predicted molar refractivity (Wildman–Crippen MR) is 79.2 cm³/mol. The second-order valence-electron chi connectivity index (χ2n) is 5.39. The molecule has 0 fully saturated rings. The zero-order chi connectivity index (χ0) is 13.9. The lowest BCUT2D eigenvalue weighted by atomic mass is 9.78. The van der Waals surface area contributed by atoms with E-state index in [0.717, 1.165) is 18.8 Å². The molecule has 0 aliphatic heterocycles. The number of hydrogen-bond donors (Lipinski definition) is 1. The van der Waals surface area contributed by atoms with E-state index in [0.29, 0.717) is 11.8 Å². The van der Waals surface area contributed by atoms with Gasteiger partial charge in [0.15, 0.2) is 0 Å². The monoisotopic (exact) mass is 269 g/mol. The predicted octanol–water partition coefficient (Wildman–Crippen LogP) is 3.02. The molecule has 2 aromatic rings. The zero-order valence-corrected chi connectivity index (χ0v) is 11.8. The third kappa shape index (κ3) is 2.74. The van der Waals surface area contributed by atoms with Crippen molar-refractivity contribution in [1.29, 1.82) is 0 Å². The summed E-state index contributed by atoms with van der Waals surface area (Å²) in [7, 11) is 0. The maximum atomic E-state index is 5.57. The molecule has 0 spiro atoms. The minimum absolute atomic E-state index is 0.122. The number of hydrogen-bond acceptors (Lipinski definition) is 4. The molecular formula is C16H19N3O. The van der Waals surface area contributed by atoms with E-state index in [9.17, 15) is 0 Å². The molecule has 1 N–H and O–H groups in total. The number of rotatable bonds is 5. The van der Waals surface area contributed by atoms with Crippen molar-refractivity contribution in [3.8, 4) is 5.88 Å². The van der Waals surface area contributed by atoms with Crippen LogP contribution in [0, 0.1) is 0 Å². The lowest BCUT2D eigenvalue weighted by Crippen LogP contribution is -2.24. The summed E-state index contributed by atoms with van der Waals surface area (Å²) in [6, 6.07) is 10.5. The van der Waals surface area contributed by atoms with Crippen LogP contribution in [-0.4, -0.2) is 22.6 Å². The van der Waals surface area contributed by atoms with Crippen LogP contribution in [0.3, 0.4) is 0 Å². The summed E-state index contributed by atoms with van der Waals surface area (Å²) in [6.07, 6.45) is 2.80. The van der Waals surface area contributed by atoms with E-state index in [1.807, 2.05) is 19.9 Å². The fourth-order valence-corrected chi connectivity index (χ4v) is 2.51. The number of aromatic nitrogens is 2. The first-order valence-corrected chi connectivity index (χ1v) is 7.03. The van der Waals surface area contributed by atoms with Gasteiger partial charge >= 0.3 is 0 Å². The first-order chi connectivity index (χ1) is 9.72. The quantitative estimate of drug-likeness (QED) is 0.906. The lowest BCUT2D eigenvalue weighted by Gasteiger charge is -2.30. The van der Waals surface area contributed by atoms with Crippen molar-refractivity contribution in [2.45, 2.75) is 32.3 Å². The Balaban J connectivity index is 1.60. The number of nitrogens with one attached hydrogen (secondary N) is 1. The van der Waals surface area contributed by atoms with Gasteiger partial charge in [0.2, 0.25) is 5.88 Å². The first kappa shape index (κ1) is 12.9.